The first kappa shape index (κ1) is 20.3. The molecule has 168 valence electrons. The number of aromatic amines is 1. The van der Waals surface area contributed by atoms with Crippen LogP contribution in [0, 0.1) is 29.4 Å². The molecular formula is C26H25F2N5. The normalized spacial score (nSPS) is 24.3. The molecule has 1 aromatic carbocycles. The van der Waals surface area contributed by atoms with Crippen LogP contribution in [0.3, 0.4) is 0 Å². The highest BCUT2D eigenvalue weighted by Gasteiger charge is 2.41. The Morgan fingerprint density at radius 1 is 0.939 bits per heavy atom. The standard InChI is InChI=1S/C26H25F2N5/c1-14-15-2-4-17(5-3-15)24(14)32-23-11-22(16-6-8-18(27)9-7-16)31-26(33-23)21-13-30-25-20(21)10-19(28)12-29-25/h6-15,17,24H,2-5H2,1H3,(H,29,30)(H,31,32,33). The number of fused-ring (bicyclic) bond motifs is 4. The topological polar surface area (TPSA) is 66.5 Å². The van der Waals surface area contributed by atoms with Crippen LogP contribution in [0.5, 0.6) is 0 Å². The highest BCUT2D eigenvalue weighted by Crippen LogP contribution is 2.46. The first-order chi connectivity index (χ1) is 16.0. The number of nitrogens with zero attached hydrogens (tertiary/aromatic N) is 3. The van der Waals surface area contributed by atoms with Gasteiger partial charge in [-0.3, -0.25) is 0 Å². The summed E-state index contributed by atoms with van der Waals surface area (Å²) in [6.07, 6.45) is 8.08. The van der Waals surface area contributed by atoms with Gasteiger partial charge in [0.25, 0.3) is 0 Å². The van der Waals surface area contributed by atoms with Gasteiger partial charge in [-0.25, -0.2) is 23.7 Å². The van der Waals surface area contributed by atoms with Crippen LogP contribution < -0.4 is 5.32 Å². The molecule has 2 N–H and O–H groups in total. The van der Waals surface area contributed by atoms with Crippen LogP contribution in [0.25, 0.3) is 33.7 Å². The van der Waals surface area contributed by atoms with Crippen LogP contribution in [0.1, 0.15) is 32.6 Å². The van der Waals surface area contributed by atoms with Crippen molar-refractivity contribution in [3.8, 4) is 22.6 Å². The largest absolute Gasteiger partial charge is 0.367 e. The lowest BCUT2D eigenvalue weighted by molar-refractivity contribution is 0.0928. The zero-order chi connectivity index (χ0) is 22.5. The Kier molecular flexibility index (Phi) is 4.85. The molecule has 3 aromatic heterocycles. The van der Waals surface area contributed by atoms with Crippen LogP contribution in [0.2, 0.25) is 0 Å². The van der Waals surface area contributed by atoms with Crippen LogP contribution >= 0.6 is 0 Å². The van der Waals surface area contributed by atoms with Crippen molar-refractivity contribution in [3.05, 3.63) is 60.4 Å². The molecule has 3 saturated carbocycles. The van der Waals surface area contributed by atoms with Crippen molar-refractivity contribution in [2.75, 3.05) is 5.32 Å². The van der Waals surface area contributed by atoms with E-state index in [0.29, 0.717) is 46.0 Å². The first-order valence-corrected chi connectivity index (χ1v) is 11.6. The fraction of sp³-hybridized carbons (Fsp3) is 0.346. The highest BCUT2D eigenvalue weighted by molar-refractivity contribution is 5.92. The molecule has 0 amide bonds. The van der Waals surface area contributed by atoms with E-state index in [1.54, 1.807) is 18.3 Å². The third-order valence-corrected chi connectivity index (χ3v) is 7.55. The van der Waals surface area contributed by atoms with Crippen molar-refractivity contribution in [3.63, 3.8) is 0 Å². The van der Waals surface area contributed by atoms with E-state index in [0.717, 1.165) is 17.3 Å². The molecule has 5 nitrogen and oxygen atoms in total. The number of hydrogen-bond acceptors (Lipinski definition) is 4. The molecule has 33 heavy (non-hydrogen) atoms. The van der Waals surface area contributed by atoms with Crippen LogP contribution in [0.4, 0.5) is 14.6 Å². The van der Waals surface area contributed by atoms with Crippen molar-refractivity contribution in [2.45, 2.75) is 38.6 Å². The Bertz CT molecular complexity index is 1310. The van der Waals surface area contributed by atoms with E-state index in [4.69, 9.17) is 9.97 Å². The van der Waals surface area contributed by atoms with E-state index in [2.05, 4.69) is 22.2 Å². The summed E-state index contributed by atoms with van der Waals surface area (Å²) in [6.45, 7) is 2.34. The lowest BCUT2D eigenvalue weighted by atomic mass is 9.62. The molecule has 2 unspecified atom stereocenters. The zero-order valence-corrected chi connectivity index (χ0v) is 18.4. The number of rotatable bonds is 4. The van der Waals surface area contributed by atoms with Gasteiger partial charge in [0.2, 0.25) is 0 Å². The van der Waals surface area contributed by atoms with E-state index in [-0.39, 0.29) is 5.82 Å². The molecule has 7 rings (SSSR count). The van der Waals surface area contributed by atoms with Gasteiger partial charge in [-0.15, -0.1) is 0 Å². The molecule has 3 aliphatic rings. The molecule has 3 fully saturated rings. The van der Waals surface area contributed by atoms with E-state index < -0.39 is 5.82 Å². The van der Waals surface area contributed by atoms with Crippen molar-refractivity contribution in [1.29, 1.82) is 0 Å². The minimum absolute atomic E-state index is 0.295. The second-order valence-corrected chi connectivity index (χ2v) is 9.43. The molecule has 0 saturated heterocycles. The van der Waals surface area contributed by atoms with Crippen molar-refractivity contribution < 1.29 is 8.78 Å². The van der Waals surface area contributed by atoms with Gasteiger partial charge in [0, 0.05) is 34.8 Å². The van der Waals surface area contributed by atoms with Crippen LogP contribution in [-0.4, -0.2) is 26.0 Å². The van der Waals surface area contributed by atoms with Crippen LogP contribution in [-0.2, 0) is 0 Å². The van der Waals surface area contributed by atoms with Gasteiger partial charge in [0.05, 0.1) is 11.9 Å². The maximum atomic E-state index is 13.9. The molecule has 3 heterocycles. The Labute approximate surface area is 190 Å². The molecule has 0 radical (unpaired) electrons. The van der Waals surface area contributed by atoms with Crippen molar-refractivity contribution in [2.24, 2.45) is 17.8 Å². The number of H-pyrrole nitrogens is 1. The third kappa shape index (κ3) is 3.65. The van der Waals surface area contributed by atoms with Crippen molar-refractivity contribution in [1.82, 2.24) is 19.9 Å². The Morgan fingerprint density at radius 3 is 2.45 bits per heavy atom. The lowest BCUT2D eigenvalue weighted by Crippen LogP contribution is -2.47. The third-order valence-electron chi connectivity index (χ3n) is 7.55. The van der Waals surface area contributed by atoms with Crippen LogP contribution in [0.15, 0.2) is 48.8 Å². The summed E-state index contributed by atoms with van der Waals surface area (Å²) in [5.41, 5.74) is 2.75. The highest BCUT2D eigenvalue weighted by atomic mass is 19.1. The number of nitrogens with one attached hydrogen (secondary N) is 2. The van der Waals surface area contributed by atoms with Gasteiger partial charge < -0.3 is 10.3 Å². The summed E-state index contributed by atoms with van der Waals surface area (Å²) in [7, 11) is 0. The molecular weight excluding hydrogens is 420 g/mol. The molecule has 0 spiro atoms. The summed E-state index contributed by atoms with van der Waals surface area (Å²) in [5, 5.41) is 4.35. The Morgan fingerprint density at radius 2 is 1.70 bits per heavy atom. The summed E-state index contributed by atoms with van der Waals surface area (Å²) >= 11 is 0. The fourth-order valence-corrected chi connectivity index (χ4v) is 5.75. The van der Waals surface area contributed by atoms with Gasteiger partial charge in [-0.1, -0.05) is 6.92 Å². The van der Waals surface area contributed by atoms with Gasteiger partial charge in [-0.05, 0) is 73.8 Å². The molecule has 7 heteroatoms. The number of hydrogen-bond donors (Lipinski definition) is 2. The molecule has 3 aliphatic carbocycles. The van der Waals surface area contributed by atoms with Gasteiger partial charge in [-0.2, -0.15) is 0 Å². The zero-order valence-electron chi connectivity index (χ0n) is 18.4. The predicted octanol–water partition coefficient (Wildman–Crippen LogP) is 6.20. The van der Waals surface area contributed by atoms with Gasteiger partial charge in [0.1, 0.15) is 23.1 Å². The summed E-state index contributed by atoms with van der Waals surface area (Å²) < 4.78 is 27.5. The fourth-order valence-electron chi connectivity index (χ4n) is 5.75. The maximum absolute atomic E-state index is 13.9. The average molecular weight is 446 g/mol. The predicted molar refractivity (Wildman–Crippen MR) is 124 cm³/mol. The SMILES string of the molecule is CC1C2CCC(CC2)C1Nc1cc(-c2ccc(F)cc2)nc(-c2c[nH]c3ncc(F)cc23)n1. The quantitative estimate of drug-likeness (QED) is 0.392. The second-order valence-electron chi connectivity index (χ2n) is 9.43. The van der Waals surface area contributed by atoms with Gasteiger partial charge in [0.15, 0.2) is 5.82 Å². The Balaban J connectivity index is 1.45. The monoisotopic (exact) mass is 445 g/mol. The lowest BCUT2D eigenvalue weighted by Gasteiger charge is -2.47. The molecule has 2 atom stereocenters. The summed E-state index contributed by atoms with van der Waals surface area (Å²) in [5.74, 6) is 2.49. The van der Waals surface area contributed by atoms with E-state index >= 15 is 0 Å². The molecule has 4 aromatic rings. The average Bonchev–Trinajstić information content (AvgIpc) is 3.25. The number of anilines is 1. The number of benzene rings is 1. The smallest absolute Gasteiger partial charge is 0.164 e. The first-order valence-electron chi connectivity index (χ1n) is 11.6. The number of halogens is 2. The van der Waals surface area contributed by atoms with E-state index in [9.17, 15) is 8.78 Å². The van der Waals surface area contributed by atoms with E-state index in [1.165, 1.54) is 50.1 Å². The summed E-state index contributed by atoms with van der Waals surface area (Å²) in [6, 6.07) is 10.0. The second kappa shape index (κ2) is 7.90. The Hall–Kier alpha value is -3.35. The van der Waals surface area contributed by atoms with E-state index in [1.807, 2.05) is 6.07 Å². The minimum Gasteiger partial charge on any atom is -0.367 e. The minimum atomic E-state index is -0.413. The van der Waals surface area contributed by atoms with Crippen molar-refractivity contribution >= 4 is 16.9 Å². The van der Waals surface area contributed by atoms with Gasteiger partial charge >= 0.3 is 0 Å². The molecule has 2 bridgehead atoms. The number of pyridine rings is 1. The number of aromatic nitrogens is 4. The maximum Gasteiger partial charge on any atom is 0.164 e. The molecule has 0 aliphatic heterocycles. The summed E-state index contributed by atoms with van der Waals surface area (Å²) in [4.78, 5) is 16.8.